The highest BCUT2D eigenvalue weighted by atomic mass is 32.2. The molecule has 0 radical (unpaired) electrons. The van der Waals surface area contributed by atoms with Crippen LogP contribution in [0.2, 0.25) is 0 Å². The third kappa shape index (κ3) is 3.78. The number of ether oxygens (including phenoxy) is 1. The van der Waals surface area contributed by atoms with Crippen LogP contribution < -0.4 is 5.73 Å². The number of aliphatic hydroxyl groups is 1. The Bertz CT molecular complexity index is 455. The maximum atomic E-state index is 11.2. The molecule has 0 aliphatic heterocycles. The molecule has 5 nitrogen and oxygen atoms in total. The van der Waals surface area contributed by atoms with Gasteiger partial charge in [0.2, 0.25) is 0 Å². The summed E-state index contributed by atoms with van der Waals surface area (Å²) in [7, 11) is -1.71. The van der Waals surface area contributed by atoms with E-state index in [9.17, 15) is 13.5 Å². The van der Waals surface area contributed by atoms with Gasteiger partial charge >= 0.3 is 0 Å². The van der Waals surface area contributed by atoms with Gasteiger partial charge in [-0.2, -0.15) is 0 Å². The van der Waals surface area contributed by atoms with E-state index in [1.165, 1.54) is 19.2 Å². The Kier molecular flexibility index (Phi) is 4.64. The topological polar surface area (TPSA) is 89.6 Å². The highest BCUT2D eigenvalue weighted by Gasteiger charge is 2.17. The standard InChI is InChI=1S/C11H17NO4S/c1-16-7-10(12)11(13)8-3-5-9(6-4-8)17(2,14)15/h3-6,10-11,13H,7,12H2,1-2H3/t10-,11-/m1/s1. The molecule has 0 aliphatic carbocycles. The molecule has 3 N–H and O–H groups in total. The second-order valence-corrected chi connectivity index (χ2v) is 5.92. The van der Waals surface area contributed by atoms with Gasteiger partial charge < -0.3 is 15.6 Å². The van der Waals surface area contributed by atoms with Gasteiger partial charge in [0, 0.05) is 13.4 Å². The lowest BCUT2D eigenvalue weighted by molar-refractivity contribution is 0.0872. The van der Waals surface area contributed by atoms with E-state index in [2.05, 4.69) is 0 Å². The summed E-state index contributed by atoms with van der Waals surface area (Å²) in [4.78, 5) is 0.216. The third-order valence-electron chi connectivity index (χ3n) is 2.41. The van der Waals surface area contributed by atoms with Crippen LogP contribution in [0, 0.1) is 0 Å². The van der Waals surface area contributed by atoms with Gasteiger partial charge in [-0.25, -0.2) is 8.42 Å². The van der Waals surface area contributed by atoms with Crippen LogP contribution in [0.4, 0.5) is 0 Å². The van der Waals surface area contributed by atoms with Crippen LogP contribution >= 0.6 is 0 Å². The normalized spacial score (nSPS) is 15.5. The van der Waals surface area contributed by atoms with Gasteiger partial charge in [0.05, 0.1) is 23.6 Å². The fourth-order valence-corrected chi connectivity index (χ4v) is 2.07. The molecular weight excluding hydrogens is 242 g/mol. The molecule has 0 aliphatic rings. The van der Waals surface area contributed by atoms with Crippen LogP contribution in [0.15, 0.2) is 29.2 Å². The zero-order valence-electron chi connectivity index (χ0n) is 9.83. The number of benzene rings is 1. The summed E-state index contributed by atoms with van der Waals surface area (Å²) >= 11 is 0. The zero-order chi connectivity index (χ0) is 13.1. The lowest BCUT2D eigenvalue weighted by atomic mass is 10.0. The van der Waals surface area contributed by atoms with Crippen LogP contribution in [-0.4, -0.2) is 39.5 Å². The predicted octanol–water partition coefficient (Wildman–Crippen LogP) is 0.0972. The number of nitrogens with two attached hydrogens (primary N) is 1. The minimum Gasteiger partial charge on any atom is -0.387 e. The molecule has 17 heavy (non-hydrogen) atoms. The SMILES string of the molecule is COC[C@@H](N)[C@H](O)c1ccc(S(C)(=O)=O)cc1. The second-order valence-electron chi connectivity index (χ2n) is 3.91. The summed E-state index contributed by atoms with van der Waals surface area (Å²) in [6.45, 7) is 0.231. The number of methoxy groups -OCH3 is 1. The fraction of sp³-hybridized carbons (Fsp3) is 0.455. The number of hydrogen-bond donors (Lipinski definition) is 2. The van der Waals surface area contributed by atoms with Crippen molar-refractivity contribution in [2.24, 2.45) is 5.73 Å². The molecule has 0 aromatic heterocycles. The molecule has 1 rings (SSSR count). The van der Waals surface area contributed by atoms with E-state index < -0.39 is 22.0 Å². The molecule has 1 aromatic rings. The lowest BCUT2D eigenvalue weighted by Crippen LogP contribution is -2.32. The molecule has 2 atom stereocenters. The number of aliphatic hydroxyl groups excluding tert-OH is 1. The van der Waals surface area contributed by atoms with Gasteiger partial charge in [-0.05, 0) is 17.7 Å². The van der Waals surface area contributed by atoms with E-state index in [1.807, 2.05) is 0 Å². The van der Waals surface area contributed by atoms with E-state index in [1.54, 1.807) is 12.1 Å². The van der Waals surface area contributed by atoms with Crippen molar-refractivity contribution in [2.75, 3.05) is 20.0 Å². The van der Waals surface area contributed by atoms with Crippen molar-refractivity contribution in [2.45, 2.75) is 17.0 Å². The Labute approximate surface area is 101 Å². The summed E-state index contributed by atoms with van der Waals surface area (Å²) in [5.41, 5.74) is 6.26. The predicted molar refractivity (Wildman–Crippen MR) is 64.4 cm³/mol. The minimum atomic E-state index is -3.21. The van der Waals surface area contributed by atoms with Crippen molar-refractivity contribution in [1.29, 1.82) is 0 Å². The summed E-state index contributed by atoms with van der Waals surface area (Å²) in [5.74, 6) is 0. The Morgan fingerprint density at radius 3 is 2.29 bits per heavy atom. The molecule has 0 saturated heterocycles. The fourth-order valence-electron chi connectivity index (χ4n) is 1.44. The zero-order valence-corrected chi connectivity index (χ0v) is 10.6. The van der Waals surface area contributed by atoms with Crippen molar-refractivity contribution in [3.63, 3.8) is 0 Å². The van der Waals surface area contributed by atoms with Gasteiger partial charge in [-0.3, -0.25) is 0 Å². The van der Waals surface area contributed by atoms with Gasteiger partial charge in [-0.1, -0.05) is 12.1 Å². The lowest BCUT2D eigenvalue weighted by Gasteiger charge is -2.18. The van der Waals surface area contributed by atoms with Crippen LogP contribution in [-0.2, 0) is 14.6 Å². The monoisotopic (exact) mass is 259 g/mol. The molecule has 0 amide bonds. The van der Waals surface area contributed by atoms with Gasteiger partial charge in [0.15, 0.2) is 9.84 Å². The van der Waals surface area contributed by atoms with Crippen LogP contribution in [0.5, 0.6) is 0 Å². The summed E-state index contributed by atoms with van der Waals surface area (Å²) in [6.07, 6.45) is 0.262. The van der Waals surface area contributed by atoms with Gasteiger partial charge in [0.25, 0.3) is 0 Å². The van der Waals surface area contributed by atoms with E-state index >= 15 is 0 Å². The first-order valence-corrected chi connectivity index (χ1v) is 6.98. The molecule has 96 valence electrons. The van der Waals surface area contributed by atoms with Crippen LogP contribution in [0.1, 0.15) is 11.7 Å². The average molecular weight is 259 g/mol. The largest absolute Gasteiger partial charge is 0.387 e. The molecule has 0 unspecified atom stereocenters. The molecule has 0 bridgehead atoms. The van der Waals surface area contributed by atoms with Crippen molar-refractivity contribution in [1.82, 2.24) is 0 Å². The van der Waals surface area contributed by atoms with Crippen molar-refractivity contribution >= 4 is 9.84 Å². The van der Waals surface area contributed by atoms with Crippen molar-refractivity contribution in [3.8, 4) is 0 Å². The minimum absolute atomic E-state index is 0.216. The third-order valence-corrected chi connectivity index (χ3v) is 3.54. The molecule has 0 saturated carbocycles. The first-order chi connectivity index (χ1) is 7.86. The Morgan fingerprint density at radius 1 is 1.35 bits per heavy atom. The highest BCUT2D eigenvalue weighted by Crippen LogP contribution is 2.18. The number of sulfone groups is 1. The second kappa shape index (κ2) is 5.59. The Morgan fingerprint density at radius 2 is 1.88 bits per heavy atom. The van der Waals surface area contributed by atoms with E-state index in [-0.39, 0.29) is 11.5 Å². The molecule has 6 heteroatoms. The highest BCUT2D eigenvalue weighted by molar-refractivity contribution is 7.90. The summed E-state index contributed by atoms with van der Waals surface area (Å²) in [5, 5.41) is 9.86. The molecule has 0 fully saturated rings. The van der Waals surface area contributed by atoms with Gasteiger partial charge in [-0.15, -0.1) is 0 Å². The quantitative estimate of drug-likeness (QED) is 0.782. The Hall–Kier alpha value is -0.950. The molecular formula is C11H17NO4S. The maximum absolute atomic E-state index is 11.2. The van der Waals surface area contributed by atoms with E-state index in [0.29, 0.717) is 5.56 Å². The molecule has 0 spiro atoms. The summed E-state index contributed by atoms with van der Waals surface area (Å²) < 4.78 is 27.3. The summed E-state index contributed by atoms with van der Waals surface area (Å²) in [6, 6.07) is 5.47. The Balaban J connectivity index is 2.88. The van der Waals surface area contributed by atoms with Crippen LogP contribution in [0.3, 0.4) is 0 Å². The van der Waals surface area contributed by atoms with Crippen LogP contribution in [0.25, 0.3) is 0 Å². The van der Waals surface area contributed by atoms with E-state index in [0.717, 1.165) is 6.26 Å². The van der Waals surface area contributed by atoms with Crippen molar-refractivity contribution in [3.05, 3.63) is 29.8 Å². The maximum Gasteiger partial charge on any atom is 0.175 e. The van der Waals surface area contributed by atoms with Gasteiger partial charge in [0.1, 0.15) is 0 Å². The number of hydrogen-bond acceptors (Lipinski definition) is 5. The van der Waals surface area contributed by atoms with Crippen molar-refractivity contribution < 1.29 is 18.3 Å². The first kappa shape index (κ1) is 14.1. The molecule has 1 aromatic carbocycles. The average Bonchev–Trinajstić information content (AvgIpc) is 2.27. The first-order valence-electron chi connectivity index (χ1n) is 5.09. The van der Waals surface area contributed by atoms with E-state index in [4.69, 9.17) is 10.5 Å². The smallest absolute Gasteiger partial charge is 0.175 e. The number of rotatable bonds is 5. The molecule has 0 heterocycles.